The summed E-state index contributed by atoms with van der Waals surface area (Å²) in [5.41, 5.74) is 0. The first kappa shape index (κ1) is 10.1. The monoisotopic (exact) mass is 169 g/mol. The van der Waals surface area contributed by atoms with Crippen LogP contribution >= 0.6 is 38.9 Å². The minimum Gasteiger partial charge on any atom is -0.344 e. The van der Waals surface area contributed by atoms with E-state index < -0.39 is 5.20 Å². The lowest BCUT2D eigenvalue weighted by atomic mass is 14.0. The summed E-state index contributed by atoms with van der Waals surface area (Å²) in [6.07, 6.45) is 0. The quantitative estimate of drug-likeness (QED) is 0.568. The fourth-order valence-electron chi connectivity index (χ4n) is 0. The Morgan fingerprint density at radius 3 is 1.17 bits per heavy atom. The molecule has 2 nitrogen and oxygen atoms in total. The third-order valence-electron chi connectivity index (χ3n) is 0. The summed E-state index contributed by atoms with van der Waals surface area (Å²) in [5, 5.41) is -3.22. The van der Waals surface area contributed by atoms with Crippen molar-refractivity contribution in [2.24, 2.45) is 0 Å². The second kappa shape index (κ2) is 3.11. The molecule has 0 aromatic rings. The summed E-state index contributed by atoms with van der Waals surface area (Å²) in [4.78, 5) is 0. The highest BCUT2D eigenvalue weighted by atomic mass is 36.0. The van der Waals surface area contributed by atoms with E-state index in [9.17, 15) is 4.57 Å². The topological polar surface area (TPSA) is 52.1 Å². The maximum absolute atomic E-state index is 9.51. The maximum atomic E-state index is 9.51. The normalized spacial score (nSPS) is 9.83. The van der Waals surface area contributed by atoms with Gasteiger partial charge in [0.15, 0.2) is 0 Å². The first-order valence-electron chi connectivity index (χ1n) is 0.690. The molecule has 0 atom stereocenters. The minimum absolute atomic E-state index is 0. The minimum atomic E-state index is -3.22. The van der Waals surface area contributed by atoms with Crippen molar-refractivity contribution in [1.82, 2.24) is 6.15 Å². The number of hydrogen-bond acceptors (Lipinski definition) is 2. The van der Waals surface area contributed by atoms with Gasteiger partial charge in [0.2, 0.25) is 0 Å². The molecule has 3 N–H and O–H groups in total. The summed E-state index contributed by atoms with van der Waals surface area (Å²) >= 11 is 13.8. The van der Waals surface area contributed by atoms with Gasteiger partial charge in [-0.1, -0.05) is 0 Å². The molecule has 0 aliphatic heterocycles. The molecule has 0 radical (unpaired) electrons. The Morgan fingerprint density at radius 1 is 1.17 bits per heavy atom. The van der Waals surface area contributed by atoms with E-state index in [4.69, 9.17) is 0 Å². The lowest BCUT2D eigenvalue weighted by molar-refractivity contribution is 0.600. The average Bonchev–Trinajstić information content (AvgIpc) is 0.722. The Morgan fingerprint density at radius 2 is 1.17 bits per heavy atom. The van der Waals surface area contributed by atoms with Crippen LogP contribution in [0.25, 0.3) is 0 Å². The van der Waals surface area contributed by atoms with Crippen LogP contribution in [0.4, 0.5) is 0 Å². The molecule has 0 heterocycles. The van der Waals surface area contributed by atoms with Crippen LogP contribution in [0, 0.1) is 0 Å². The van der Waals surface area contributed by atoms with E-state index in [1.165, 1.54) is 0 Å². The van der Waals surface area contributed by atoms with Gasteiger partial charge in [0, 0.05) is 0 Å². The fraction of sp³-hybridized carbons (Fsp3) is 0. The zero-order chi connectivity index (χ0) is 4.50. The Bertz CT molecular complexity index is 56.9. The lowest BCUT2D eigenvalue weighted by Gasteiger charge is -1.74. The first-order chi connectivity index (χ1) is 2.00. The van der Waals surface area contributed by atoms with Gasteiger partial charge in [0.1, 0.15) is 0 Å². The highest BCUT2D eigenvalue weighted by molar-refractivity contribution is 8.24. The van der Waals surface area contributed by atoms with E-state index in [1.807, 2.05) is 0 Å². The molecule has 0 fully saturated rings. The first-order valence-corrected chi connectivity index (χ1v) is 5.11. The molecular weight excluding hydrogens is 167 g/mol. The van der Waals surface area contributed by atoms with Gasteiger partial charge in [-0.3, -0.25) is 4.57 Å². The highest BCUT2D eigenvalue weighted by Crippen LogP contribution is 2.61. The molecule has 6 heavy (non-hydrogen) atoms. The van der Waals surface area contributed by atoms with E-state index >= 15 is 0 Å². The number of halogens is 3. The molecule has 0 rings (SSSR count). The van der Waals surface area contributed by atoms with Crippen LogP contribution in [0.2, 0.25) is 0 Å². The third kappa shape index (κ3) is 74.2. The summed E-state index contributed by atoms with van der Waals surface area (Å²) in [6, 6.07) is 0. The van der Waals surface area contributed by atoms with Crippen molar-refractivity contribution in [1.29, 1.82) is 0 Å². The second-order valence-electron chi connectivity index (χ2n) is 0.399. The van der Waals surface area contributed by atoms with Crippen LogP contribution in [-0.4, -0.2) is 0 Å². The van der Waals surface area contributed by atoms with Crippen LogP contribution in [-0.2, 0) is 4.57 Å². The van der Waals surface area contributed by atoms with Crippen molar-refractivity contribution < 1.29 is 4.57 Å². The van der Waals surface area contributed by atoms with Crippen LogP contribution in [0.1, 0.15) is 0 Å². The van der Waals surface area contributed by atoms with E-state index in [2.05, 4.69) is 33.7 Å². The summed E-state index contributed by atoms with van der Waals surface area (Å²) in [5.74, 6) is 0. The van der Waals surface area contributed by atoms with E-state index in [0.717, 1.165) is 0 Å². The van der Waals surface area contributed by atoms with Crippen LogP contribution in [0.15, 0.2) is 0 Å². The predicted octanol–water partition coefficient (Wildman–Crippen LogP) is 2.97. The van der Waals surface area contributed by atoms with Gasteiger partial charge in [0.25, 0.3) is 0 Å². The zero-order valence-corrected chi connectivity index (χ0v) is 5.86. The zero-order valence-electron chi connectivity index (χ0n) is 2.70. The summed E-state index contributed by atoms with van der Waals surface area (Å²) in [7, 11) is 0. The number of rotatable bonds is 0. The van der Waals surface area contributed by atoms with E-state index in [1.54, 1.807) is 0 Å². The molecule has 6 heteroatoms. The van der Waals surface area contributed by atoms with Gasteiger partial charge in [-0.05, 0) is 33.7 Å². The highest BCUT2D eigenvalue weighted by Gasteiger charge is 2.02. The molecule has 40 valence electrons. The molecule has 0 aliphatic rings. The summed E-state index contributed by atoms with van der Waals surface area (Å²) in [6.45, 7) is 0. The van der Waals surface area contributed by atoms with Gasteiger partial charge < -0.3 is 6.15 Å². The molecule has 0 aromatic carbocycles. The van der Waals surface area contributed by atoms with Crippen molar-refractivity contribution in [3.05, 3.63) is 0 Å². The Hall–Kier alpha value is 1.06. The maximum Gasteiger partial charge on any atom is 0.339 e. The molecule has 0 aliphatic carbocycles. The molecule has 0 bridgehead atoms. The molecule has 0 saturated heterocycles. The van der Waals surface area contributed by atoms with Gasteiger partial charge in [-0.25, -0.2) is 0 Å². The van der Waals surface area contributed by atoms with Crippen molar-refractivity contribution in [2.75, 3.05) is 0 Å². The summed E-state index contributed by atoms with van der Waals surface area (Å²) < 4.78 is 9.51. The van der Waals surface area contributed by atoms with Gasteiger partial charge >= 0.3 is 5.20 Å². The second-order valence-corrected chi connectivity index (χ2v) is 7.04. The molecule has 0 saturated carbocycles. The third-order valence-corrected chi connectivity index (χ3v) is 0. The standard InChI is InChI=1S/Cl3OP.H3N/c1-5(2,3)4;/h;1H3. The van der Waals surface area contributed by atoms with Gasteiger partial charge in [-0.15, -0.1) is 0 Å². The predicted molar refractivity (Wildman–Crippen MR) is 30.2 cm³/mol. The van der Waals surface area contributed by atoms with E-state index in [0.29, 0.717) is 0 Å². The van der Waals surface area contributed by atoms with Gasteiger partial charge in [0.05, 0.1) is 0 Å². The molecule has 0 aromatic heterocycles. The van der Waals surface area contributed by atoms with Crippen LogP contribution in [0.5, 0.6) is 0 Å². The van der Waals surface area contributed by atoms with Gasteiger partial charge in [-0.2, -0.15) is 0 Å². The van der Waals surface area contributed by atoms with Crippen molar-refractivity contribution in [2.45, 2.75) is 0 Å². The Balaban J connectivity index is 0. The van der Waals surface area contributed by atoms with Crippen molar-refractivity contribution >= 4 is 38.9 Å². The lowest BCUT2D eigenvalue weighted by Crippen LogP contribution is -1.19. The van der Waals surface area contributed by atoms with Crippen molar-refractivity contribution in [3.63, 3.8) is 0 Å². The molecule has 0 unspecified atom stereocenters. The van der Waals surface area contributed by atoms with Crippen molar-refractivity contribution in [3.8, 4) is 0 Å². The van der Waals surface area contributed by atoms with Crippen LogP contribution < -0.4 is 6.15 Å². The van der Waals surface area contributed by atoms with Crippen LogP contribution in [0.3, 0.4) is 0 Å². The average molecular weight is 170 g/mol. The molecule has 0 amide bonds. The Labute approximate surface area is 50.1 Å². The smallest absolute Gasteiger partial charge is 0.339 e. The number of hydrogen-bond donors (Lipinski definition) is 1. The molecule has 0 spiro atoms. The van der Waals surface area contributed by atoms with E-state index in [-0.39, 0.29) is 6.15 Å². The SMILES string of the molecule is N.O=P(Cl)(Cl)Cl. The fourth-order valence-corrected chi connectivity index (χ4v) is 0. The largest absolute Gasteiger partial charge is 0.344 e. The Kier molecular flexibility index (Phi) is 5.25. The molecular formula is H3Cl3NOP.